The van der Waals surface area contributed by atoms with Gasteiger partial charge in [-0.2, -0.15) is 0 Å². The Labute approximate surface area is 80.0 Å². The van der Waals surface area contributed by atoms with Crippen molar-refractivity contribution in [2.24, 2.45) is 0 Å². The molecule has 0 aromatic heterocycles. The Balaban J connectivity index is 2.82. The molecule has 66 valence electrons. The molecule has 0 atom stereocenters. The third kappa shape index (κ3) is 2.54. The second-order valence-electron chi connectivity index (χ2n) is 3.08. The molecule has 0 aliphatic heterocycles. The Kier molecular flexibility index (Phi) is 3.17. The van der Waals surface area contributed by atoms with Crippen molar-refractivity contribution < 1.29 is 4.43 Å². The molecule has 0 N–H and O–H groups in total. The van der Waals surface area contributed by atoms with Crippen LogP contribution in [0.3, 0.4) is 0 Å². The van der Waals surface area contributed by atoms with Crippen LogP contribution in [0.1, 0.15) is 5.56 Å². The van der Waals surface area contributed by atoms with E-state index in [1.54, 1.807) is 0 Å². The Hall–Kier alpha value is -0.473. The van der Waals surface area contributed by atoms with Crippen molar-refractivity contribution >= 4 is 20.6 Å². The normalized spacial score (nSPS) is 10.4. The zero-order valence-electron chi connectivity index (χ0n) is 7.60. The molecule has 0 saturated carbocycles. The molecule has 0 fully saturated rings. The van der Waals surface area contributed by atoms with Gasteiger partial charge in [0.05, 0.1) is 0 Å². The van der Waals surface area contributed by atoms with Crippen molar-refractivity contribution in [2.75, 3.05) is 0 Å². The van der Waals surface area contributed by atoms with Crippen LogP contribution in [0, 0.1) is 6.92 Å². The summed E-state index contributed by atoms with van der Waals surface area (Å²) in [5, 5.41) is 0.799. The van der Waals surface area contributed by atoms with Crippen LogP contribution < -0.4 is 4.43 Å². The Morgan fingerprint density at radius 3 is 2.50 bits per heavy atom. The summed E-state index contributed by atoms with van der Waals surface area (Å²) < 4.78 is 5.63. The number of halogens is 1. The van der Waals surface area contributed by atoms with Crippen molar-refractivity contribution in [3.63, 3.8) is 0 Å². The molecule has 0 saturated heterocycles. The predicted molar refractivity (Wildman–Crippen MR) is 55.7 cm³/mol. The third-order valence-corrected chi connectivity index (χ3v) is 2.67. The van der Waals surface area contributed by atoms with Crippen molar-refractivity contribution in [3.05, 3.63) is 28.8 Å². The number of hydrogen-bond acceptors (Lipinski definition) is 1. The van der Waals surface area contributed by atoms with Gasteiger partial charge in [0.2, 0.25) is 9.04 Å². The van der Waals surface area contributed by atoms with E-state index in [9.17, 15) is 0 Å². The Morgan fingerprint density at radius 2 is 2.00 bits per heavy atom. The van der Waals surface area contributed by atoms with Crippen LogP contribution >= 0.6 is 11.6 Å². The lowest BCUT2D eigenvalue weighted by molar-refractivity contribution is 0.580. The fraction of sp³-hybridized carbons (Fsp3) is 0.333. The summed E-state index contributed by atoms with van der Waals surface area (Å²) in [6, 6.07) is 5.78. The molecule has 0 heterocycles. The molecule has 1 aromatic rings. The minimum absolute atomic E-state index is 0.799. The van der Waals surface area contributed by atoms with Gasteiger partial charge in [0.25, 0.3) is 0 Å². The van der Waals surface area contributed by atoms with E-state index in [2.05, 4.69) is 13.1 Å². The highest BCUT2D eigenvalue weighted by Gasteiger charge is 2.00. The summed E-state index contributed by atoms with van der Waals surface area (Å²) in [5.74, 6) is 0.943. The number of hydrogen-bond donors (Lipinski definition) is 0. The van der Waals surface area contributed by atoms with Gasteiger partial charge in [-0.1, -0.05) is 11.6 Å². The lowest BCUT2D eigenvalue weighted by Crippen LogP contribution is -2.10. The SMILES string of the molecule is Cc1cc(O[SiH](C)C)ccc1Cl. The monoisotopic (exact) mass is 200 g/mol. The van der Waals surface area contributed by atoms with E-state index in [0.717, 1.165) is 16.3 Å². The van der Waals surface area contributed by atoms with E-state index in [0.29, 0.717) is 0 Å². The first-order valence-corrected chi connectivity index (χ1v) is 7.18. The summed E-state index contributed by atoms with van der Waals surface area (Å²) in [7, 11) is -0.977. The topological polar surface area (TPSA) is 9.23 Å². The highest BCUT2D eigenvalue weighted by atomic mass is 35.5. The van der Waals surface area contributed by atoms with E-state index in [1.165, 1.54) is 0 Å². The zero-order valence-corrected chi connectivity index (χ0v) is 9.51. The molecule has 0 amide bonds. The van der Waals surface area contributed by atoms with Crippen LogP contribution in [-0.4, -0.2) is 9.04 Å². The Bertz CT molecular complexity index is 273. The van der Waals surface area contributed by atoms with Gasteiger partial charge in [0.1, 0.15) is 5.75 Å². The molecule has 1 rings (SSSR count). The second kappa shape index (κ2) is 3.96. The fourth-order valence-electron chi connectivity index (χ4n) is 0.963. The standard InChI is InChI=1S/C9H13ClOSi/c1-7-6-8(11-12(2)3)4-5-9(7)10/h4-6,12H,1-3H3. The summed E-state index contributed by atoms with van der Waals surface area (Å²) in [5.41, 5.74) is 1.07. The molecule has 0 aliphatic rings. The number of rotatable bonds is 2. The van der Waals surface area contributed by atoms with Gasteiger partial charge in [-0.05, 0) is 43.8 Å². The molecule has 0 unspecified atom stereocenters. The molecule has 0 aliphatic carbocycles. The highest BCUT2D eigenvalue weighted by molar-refractivity contribution is 6.49. The minimum Gasteiger partial charge on any atom is -0.547 e. The zero-order chi connectivity index (χ0) is 9.14. The average Bonchev–Trinajstić information content (AvgIpc) is 1.96. The lowest BCUT2D eigenvalue weighted by Gasteiger charge is -2.09. The molecule has 3 heteroatoms. The van der Waals surface area contributed by atoms with Crippen LogP contribution in [0.15, 0.2) is 18.2 Å². The third-order valence-electron chi connectivity index (χ3n) is 1.50. The summed E-state index contributed by atoms with van der Waals surface area (Å²) in [6.07, 6.45) is 0. The van der Waals surface area contributed by atoms with E-state index in [-0.39, 0.29) is 0 Å². The van der Waals surface area contributed by atoms with Gasteiger partial charge < -0.3 is 4.43 Å². The largest absolute Gasteiger partial charge is 0.547 e. The molecule has 1 nitrogen and oxygen atoms in total. The predicted octanol–water partition coefficient (Wildman–Crippen LogP) is 3.01. The van der Waals surface area contributed by atoms with Crippen molar-refractivity contribution in [1.29, 1.82) is 0 Å². The average molecular weight is 201 g/mol. The smallest absolute Gasteiger partial charge is 0.229 e. The maximum Gasteiger partial charge on any atom is 0.229 e. The van der Waals surface area contributed by atoms with Gasteiger partial charge in [0.15, 0.2) is 0 Å². The summed E-state index contributed by atoms with van der Waals surface area (Å²) >= 11 is 5.87. The lowest BCUT2D eigenvalue weighted by atomic mass is 10.2. The van der Waals surface area contributed by atoms with Gasteiger partial charge in [0, 0.05) is 5.02 Å². The highest BCUT2D eigenvalue weighted by Crippen LogP contribution is 2.21. The van der Waals surface area contributed by atoms with E-state index in [1.807, 2.05) is 25.1 Å². The van der Waals surface area contributed by atoms with Gasteiger partial charge in [-0.15, -0.1) is 0 Å². The number of aryl methyl sites for hydroxylation is 1. The first kappa shape index (κ1) is 9.61. The minimum atomic E-state index is -0.977. The van der Waals surface area contributed by atoms with E-state index < -0.39 is 9.04 Å². The maximum atomic E-state index is 5.87. The van der Waals surface area contributed by atoms with Gasteiger partial charge in [-0.3, -0.25) is 0 Å². The molecule has 12 heavy (non-hydrogen) atoms. The molecule has 0 spiro atoms. The van der Waals surface area contributed by atoms with Crippen molar-refractivity contribution in [3.8, 4) is 5.75 Å². The maximum absolute atomic E-state index is 5.87. The second-order valence-corrected chi connectivity index (χ2v) is 5.82. The molecular weight excluding hydrogens is 188 g/mol. The summed E-state index contributed by atoms with van der Waals surface area (Å²) in [6.45, 7) is 6.27. The molecular formula is C9H13ClOSi. The fourth-order valence-corrected chi connectivity index (χ4v) is 1.77. The quantitative estimate of drug-likeness (QED) is 0.667. The van der Waals surface area contributed by atoms with E-state index >= 15 is 0 Å². The summed E-state index contributed by atoms with van der Waals surface area (Å²) in [4.78, 5) is 0. The molecule has 0 bridgehead atoms. The van der Waals surface area contributed by atoms with Crippen molar-refractivity contribution in [1.82, 2.24) is 0 Å². The van der Waals surface area contributed by atoms with E-state index in [4.69, 9.17) is 16.0 Å². The van der Waals surface area contributed by atoms with Crippen LogP contribution in [0.25, 0.3) is 0 Å². The Morgan fingerprint density at radius 1 is 1.33 bits per heavy atom. The van der Waals surface area contributed by atoms with Gasteiger partial charge in [-0.25, -0.2) is 0 Å². The molecule has 0 radical (unpaired) electrons. The van der Waals surface area contributed by atoms with Crippen LogP contribution in [0.4, 0.5) is 0 Å². The first-order chi connectivity index (χ1) is 5.59. The van der Waals surface area contributed by atoms with Gasteiger partial charge >= 0.3 is 0 Å². The van der Waals surface area contributed by atoms with Crippen LogP contribution in [-0.2, 0) is 0 Å². The first-order valence-electron chi connectivity index (χ1n) is 4.02. The molecule has 1 aromatic carbocycles. The van der Waals surface area contributed by atoms with Crippen LogP contribution in [0.2, 0.25) is 18.1 Å². The van der Waals surface area contributed by atoms with Crippen LogP contribution in [0.5, 0.6) is 5.75 Å². The number of benzene rings is 1. The van der Waals surface area contributed by atoms with Crippen molar-refractivity contribution in [2.45, 2.75) is 20.0 Å².